The fourth-order valence-electron chi connectivity index (χ4n) is 13.9. The van der Waals surface area contributed by atoms with Crippen LogP contribution >= 0.6 is 0 Å². The van der Waals surface area contributed by atoms with Crippen LogP contribution in [0.3, 0.4) is 0 Å². The molecule has 0 aromatic carbocycles. The number of ether oxygens (including phenoxy) is 2. The van der Waals surface area contributed by atoms with Crippen molar-refractivity contribution in [2.75, 3.05) is 52.6 Å². The molecule has 2 N–H and O–H groups in total. The minimum Gasteiger partial charge on any atom is -0.381 e. The lowest BCUT2D eigenvalue weighted by Gasteiger charge is -2.43. The number of Topliss-reactive ketones (excluding diaryl/α,β-unsaturated/α-hetero) is 2. The van der Waals surface area contributed by atoms with Crippen LogP contribution in [-0.2, 0) is 43.7 Å². The van der Waals surface area contributed by atoms with E-state index in [1.165, 1.54) is 4.31 Å². The molecule has 0 radical (unpaired) electrons. The maximum absolute atomic E-state index is 15.8. The first-order valence-electron chi connectivity index (χ1n) is 24.4. The van der Waals surface area contributed by atoms with Gasteiger partial charge in [-0.05, 0) is 126 Å². The molecule has 3 aliphatic carbocycles. The third-order valence-electron chi connectivity index (χ3n) is 18.5. The van der Waals surface area contributed by atoms with Crippen LogP contribution in [0, 0.1) is 44.8 Å². The van der Waals surface area contributed by atoms with E-state index in [-0.39, 0.29) is 76.4 Å². The summed E-state index contributed by atoms with van der Waals surface area (Å²) in [6.07, 6.45) is 11.8. The van der Waals surface area contributed by atoms with E-state index in [4.69, 9.17) is 9.47 Å². The maximum atomic E-state index is 15.8. The number of hydrogen-bond acceptors (Lipinski definition) is 10. The van der Waals surface area contributed by atoms with Gasteiger partial charge in [-0.15, -0.1) is 6.58 Å². The molecule has 0 aromatic rings. The molecule has 14 nitrogen and oxygen atoms in total. The van der Waals surface area contributed by atoms with Gasteiger partial charge in [0.15, 0.2) is 11.6 Å². The van der Waals surface area contributed by atoms with Gasteiger partial charge in [0.05, 0.1) is 29.5 Å². The minimum absolute atomic E-state index is 0.00494. The average molecular weight is 898 g/mol. The summed E-state index contributed by atoms with van der Waals surface area (Å²) in [6, 6.07) is -1.76. The number of allylic oxidation sites excluding steroid dienone is 1. The van der Waals surface area contributed by atoms with Crippen molar-refractivity contribution < 1.29 is 41.9 Å². The van der Waals surface area contributed by atoms with E-state index in [2.05, 4.69) is 56.1 Å². The number of rotatable bonds is 16. The largest absolute Gasteiger partial charge is 0.381 e. The van der Waals surface area contributed by atoms with Gasteiger partial charge in [-0.1, -0.05) is 39.7 Å². The van der Waals surface area contributed by atoms with Crippen molar-refractivity contribution in [3.8, 4) is 0 Å². The second-order valence-corrected chi connectivity index (χ2v) is 23.7. The molecule has 8 fully saturated rings. The zero-order valence-electron chi connectivity index (χ0n) is 38.7. The zero-order valence-corrected chi connectivity index (χ0v) is 39.5. The molecule has 63 heavy (non-hydrogen) atoms. The van der Waals surface area contributed by atoms with Gasteiger partial charge in [0, 0.05) is 70.4 Å². The van der Waals surface area contributed by atoms with Crippen LogP contribution in [0.5, 0.6) is 0 Å². The Balaban J connectivity index is 1.09. The molecule has 5 heterocycles. The van der Waals surface area contributed by atoms with E-state index in [1.807, 2.05) is 0 Å². The molecular formula is C48H75N5O9S. The average Bonchev–Trinajstić information content (AvgIpc) is 3.70. The number of piperidine rings is 1. The van der Waals surface area contributed by atoms with Crippen molar-refractivity contribution in [1.29, 1.82) is 0 Å². The highest BCUT2D eigenvalue weighted by Gasteiger charge is 2.85. The van der Waals surface area contributed by atoms with Gasteiger partial charge in [-0.25, -0.2) is 4.72 Å². The maximum Gasteiger partial charge on any atom is 0.303 e. The molecule has 15 heteroatoms. The smallest absolute Gasteiger partial charge is 0.303 e. The second-order valence-electron chi connectivity index (χ2n) is 22.0. The summed E-state index contributed by atoms with van der Waals surface area (Å²) < 4.78 is 41.8. The number of carbonyl (C=O) groups excluding carboxylic acids is 5. The van der Waals surface area contributed by atoms with Gasteiger partial charge in [-0.2, -0.15) is 12.7 Å². The Morgan fingerprint density at radius 1 is 0.810 bits per heavy atom. The molecule has 0 unspecified atom stereocenters. The summed E-state index contributed by atoms with van der Waals surface area (Å²) in [5.74, 6) is -2.73. The first-order chi connectivity index (χ1) is 29.9. The normalized spacial score (nSPS) is 33.7. The quantitative estimate of drug-likeness (QED) is 0.202. The highest BCUT2D eigenvalue weighted by atomic mass is 32.2. The van der Waals surface area contributed by atoms with Gasteiger partial charge in [0.1, 0.15) is 0 Å². The third kappa shape index (κ3) is 8.07. The van der Waals surface area contributed by atoms with Crippen LogP contribution in [0.25, 0.3) is 0 Å². The first kappa shape index (κ1) is 46.8. The molecular weight excluding hydrogens is 823 g/mol. The molecule has 0 aromatic heterocycles. The van der Waals surface area contributed by atoms with E-state index in [1.54, 1.807) is 11.0 Å². The summed E-state index contributed by atoms with van der Waals surface area (Å²) in [7, 11) is -4.08. The highest BCUT2D eigenvalue weighted by molar-refractivity contribution is 7.87. The van der Waals surface area contributed by atoms with Crippen LogP contribution in [-0.4, -0.2) is 129 Å². The fourth-order valence-corrected chi connectivity index (χ4v) is 15.2. The molecule has 8 aliphatic rings. The SMILES string of the molecule is C=C[C@@H]1C[C@]1(CC(=O)[C@@H]1C[C@@]2(CN1C(=O)[C@@H](CC(=O)[C@@H](NC(=O)[C@@H]1CCCCN1C(C)C)C1CCOCC1)C1(C)CCOCC1)C(C)(C)C21CCC1)C(=O)NS(=O)(=O)N1CCCC1. The van der Waals surface area contributed by atoms with Crippen molar-refractivity contribution in [3.63, 3.8) is 0 Å². The van der Waals surface area contributed by atoms with Crippen LogP contribution in [0.2, 0.25) is 0 Å². The Kier molecular flexibility index (Phi) is 13.0. The van der Waals surface area contributed by atoms with E-state index in [0.29, 0.717) is 84.6 Å². The number of fused-ring (bicyclic) bond motifs is 1. The molecule has 352 valence electrons. The summed E-state index contributed by atoms with van der Waals surface area (Å²) in [4.78, 5) is 78.3. The number of carbonyl (C=O) groups is 5. The number of hydrogen-bond donors (Lipinski definition) is 2. The Bertz CT molecular complexity index is 1920. The number of likely N-dealkylation sites (tertiary alicyclic amines) is 2. The van der Waals surface area contributed by atoms with E-state index in [0.717, 1.165) is 57.9 Å². The number of ketones is 2. The number of nitrogens with zero attached hydrogens (tertiary/aromatic N) is 3. The van der Waals surface area contributed by atoms with E-state index < -0.39 is 44.9 Å². The lowest BCUT2D eigenvalue weighted by Crippen LogP contribution is -2.57. The van der Waals surface area contributed by atoms with Crippen LogP contribution in [0.15, 0.2) is 12.7 Å². The lowest BCUT2D eigenvalue weighted by molar-refractivity contribution is -0.150. The topological polar surface area (TPSA) is 172 Å². The molecule has 5 saturated heterocycles. The Morgan fingerprint density at radius 2 is 1.46 bits per heavy atom. The fraction of sp³-hybridized carbons (Fsp3) is 0.854. The van der Waals surface area contributed by atoms with Crippen molar-refractivity contribution in [2.24, 2.45) is 44.8 Å². The van der Waals surface area contributed by atoms with Gasteiger partial charge < -0.3 is 19.7 Å². The minimum atomic E-state index is -4.08. The monoisotopic (exact) mass is 898 g/mol. The van der Waals surface area contributed by atoms with Crippen molar-refractivity contribution >= 4 is 39.5 Å². The predicted molar refractivity (Wildman–Crippen MR) is 237 cm³/mol. The molecule has 3 saturated carbocycles. The van der Waals surface area contributed by atoms with Gasteiger partial charge in [-0.3, -0.25) is 28.9 Å². The predicted octanol–water partition coefficient (Wildman–Crippen LogP) is 4.96. The first-order valence-corrected chi connectivity index (χ1v) is 25.8. The summed E-state index contributed by atoms with van der Waals surface area (Å²) in [5, 5.41) is 3.26. The highest BCUT2D eigenvalue weighted by Crippen LogP contribution is 2.88. The third-order valence-corrected chi connectivity index (χ3v) is 20.0. The Morgan fingerprint density at radius 3 is 2.05 bits per heavy atom. The van der Waals surface area contributed by atoms with Crippen LogP contribution in [0.1, 0.15) is 137 Å². The van der Waals surface area contributed by atoms with Crippen molar-refractivity contribution in [3.05, 3.63) is 12.7 Å². The van der Waals surface area contributed by atoms with E-state index >= 15 is 14.4 Å². The molecule has 0 bridgehead atoms. The summed E-state index contributed by atoms with van der Waals surface area (Å²) >= 11 is 0. The second kappa shape index (κ2) is 17.5. The standard InChI is InChI=1S/C48H75N5O9S/c1-7-34-28-46(34,43(58)50-63(59,60)51-20-10-11-21-51)30-39(55)37-29-48(44(4,5)47(48)16-12-17-47)31-53(37)42(57)35(45(6)18-25-62-26-19-45)27-38(54)40(33-14-23-61-24-15-33)49-41(56)36-13-8-9-22-52(36)32(2)3/h7,32-37,40H,1,8-31H2,2-6H3,(H,49,56)(H,50,58)/t34-,35-,36+,37+,40+,46-,48-/m1/s1. The van der Waals surface area contributed by atoms with Crippen molar-refractivity contribution in [2.45, 2.75) is 162 Å². The molecule has 2 spiro atoms. The van der Waals surface area contributed by atoms with Gasteiger partial charge in [0.25, 0.3) is 0 Å². The van der Waals surface area contributed by atoms with E-state index in [9.17, 15) is 18.0 Å². The molecule has 7 atom stereocenters. The summed E-state index contributed by atoms with van der Waals surface area (Å²) in [6.45, 7) is 18.5. The van der Waals surface area contributed by atoms with Crippen molar-refractivity contribution in [1.82, 2.24) is 24.1 Å². The molecule has 3 amide bonds. The number of nitrogens with one attached hydrogen (secondary N) is 2. The Hall–Kier alpha value is -2.72. The molecule has 5 aliphatic heterocycles. The van der Waals surface area contributed by atoms with Crippen LogP contribution in [0.4, 0.5) is 0 Å². The van der Waals surface area contributed by atoms with Gasteiger partial charge >= 0.3 is 10.2 Å². The number of amides is 3. The Labute approximate surface area is 375 Å². The molecule has 8 rings (SSSR count). The lowest BCUT2D eigenvalue weighted by atomic mass is 9.68. The zero-order chi connectivity index (χ0) is 45.2. The van der Waals surface area contributed by atoms with Crippen LogP contribution < -0.4 is 10.0 Å². The summed E-state index contributed by atoms with van der Waals surface area (Å²) in [5.41, 5.74) is -2.30. The van der Waals surface area contributed by atoms with Gasteiger partial charge in [0.2, 0.25) is 17.7 Å².